The van der Waals surface area contributed by atoms with Gasteiger partial charge in [0, 0.05) is 0 Å². The number of allylic oxidation sites excluding steroid dienone is 4. The lowest BCUT2D eigenvalue weighted by Crippen LogP contribution is -1.83. The van der Waals surface area contributed by atoms with Gasteiger partial charge in [-0.15, -0.1) is 0 Å². The van der Waals surface area contributed by atoms with Crippen LogP contribution in [0.15, 0.2) is 24.3 Å². The van der Waals surface area contributed by atoms with Crippen molar-refractivity contribution in [2.45, 2.75) is 154 Å². The smallest absolute Gasteiger partial charge is 0.0351 e. The Bertz CT molecular complexity index is 304. The molecule has 0 aromatic heterocycles. The highest BCUT2D eigenvalue weighted by Gasteiger charge is 1.95. The Morgan fingerprint density at radius 1 is 0.179 bits per heavy atom. The second-order valence-corrected chi connectivity index (χ2v) is 9.17. The van der Waals surface area contributed by atoms with E-state index in [2.05, 4.69) is 24.3 Å². The summed E-state index contributed by atoms with van der Waals surface area (Å²) in [5, 5.41) is 0. The fraction of sp³-hybridized carbons (Fsp3) is 0.857. The lowest BCUT2D eigenvalue weighted by molar-refractivity contribution is 0.542. The Morgan fingerprint density at radius 3 is 0.500 bits per heavy atom. The second kappa shape index (κ2) is 22.8. The molecule has 0 N–H and O–H groups in total. The van der Waals surface area contributed by atoms with Crippen LogP contribution in [0, 0.1) is 0 Å². The molecular formula is C28H52. The highest BCUT2D eigenvalue weighted by molar-refractivity contribution is 4.82. The average molecular weight is 389 g/mol. The molecule has 0 atom stereocenters. The highest BCUT2D eigenvalue weighted by Crippen LogP contribution is 2.14. The van der Waals surface area contributed by atoms with Crippen LogP contribution < -0.4 is 0 Å². The van der Waals surface area contributed by atoms with Crippen LogP contribution >= 0.6 is 0 Å². The third-order valence-corrected chi connectivity index (χ3v) is 6.32. The first-order valence-electron chi connectivity index (χ1n) is 13.3. The summed E-state index contributed by atoms with van der Waals surface area (Å²) in [5.41, 5.74) is 0. The van der Waals surface area contributed by atoms with Crippen molar-refractivity contribution < 1.29 is 0 Å². The standard InChI is InChI=1S/C28H52/c1-2-4-6-8-10-12-14-16-18-20-22-24-26-28-27-25-23-21-19-17-15-13-11-9-7-5-3-1/h1-2,23,25H,3-22,24,26-28H2. The monoisotopic (exact) mass is 388 g/mol. The number of rotatable bonds is 0. The third-order valence-electron chi connectivity index (χ3n) is 6.32. The molecule has 0 nitrogen and oxygen atoms in total. The second-order valence-electron chi connectivity index (χ2n) is 9.17. The minimum atomic E-state index is 1.31. The molecule has 0 unspecified atom stereocenters. The molecule has 0 saturated heterocycles. The van der Waals surface area contributed by atoms with Crippen LogP contribution in [0.2, 0.25) is 0 Å². The molecule has 1 aliphatic carbocycles. The van der Waals surface area contributed by atoms with E-state index in [1.807, 2.05) is 0 Å². The summed E-state index contributed by atoms with van der Waals surface area (Å²) < 4.78 is 0. The maximum absolute atomic E-state index is 2.45. The zero-order valence-electron chi connectivity index (χ0n) is 19.3. The molecule has 0 aliphatic heterocycles. The van der Waals surface area contributed by atoms with E-state index in [4.69, 9.17) is 0 Å². The molecule has 0 radical (unpaired) electrons. The van der Waals surface area contributed by atoms with Crippen molar-refractivity contribution in [1.82, 2.24) is 0 Å². The molecule has 1 rings (SSSR count). The maximum Gasteiger partial charge on any atom is -0.0351 e. The molecule has 28 heavy (non-hydrogen) atoms. The van der Waals surface area contributed by atoms with Gasteiger partial charge in [0.15, 0.2) is 0 Å². The Morgan fingerprint density at radius 2 is 0.321 bits per heavy atom. The van der Waals surface area contributed by atoms with Gasteiger partial charge in [-0.05, 0) is 51.4 Å². The molecule has 164 valence electrons. The summed E-state index contributed by atoms with van der Waals surface area (Å²) in [5.74, 6) is 0. The minimum Gasteiger partial charge on any atom is -0.0885 e. The van der Waals surface area contributed by atoms with Crippen molar-refractivity contribution >= 4 is 0 Å². The highest BCUT2D eigenvalue weighted by atomic mass is 14.0. The van der Waals surface area contributed by atoms with E-state index < -0.39 is 0 Å². The molecular weight excluding hydrogens is 336 g/mol. The first-order chi connectivity index (χ1) is 14.0. The van der Waals surface area contributed by atoms with Gasteiger partial charge in [-0.1, -0.05) is 127 Å². The van der Waals surface area contributed by atoms with E-state index in [9.17, 15) is 0 Å². The third kappa shape index (κ3) is 20.2. The van der Waals surface area contributed by atoms with Gasteiger partial charge in [-0.3, -0.25) is 0 Å². The van der Waals surface area contributed by atoms with Crippen LogP contribution in [0.3, 0.4) is 0 Å². The lowest BCUT2D eigenvalue weighted by Gasteiger charge is -2.03. The molecule has 0 spiro atoms. The van der Waals surface area contributed by atoms with Crippen LogP contribution in [0.5, 0.6) is 0 Å². The SMILES string of the molecule is C1=CCCCCCCCCCCCCCCC=CCCCCCCCCCC1. The molecule has 0 fully saturated rings. The number of hydrogen-bond acceptors (Lipinski definition) is 0. The largest absolute Gasteiger partial charge is 0.0885 e. The van der Waals surface area contributed by atoms with Crippen LogP contribution in [0.25, 0.3) is 0 Å². The van der Waals surface area contributed by atoms with Gasteiger partial charge in [0.2, 0.25) is 0 Å². The fourth-order valence-corrected chi connectivity index (χ4v) is 4.35. The van der Waals surface area contributed by atoms with Gasteiger partial charge < -0.3 is 0 Å². The van der Waals surface area contributed by atoms with Crippen molar-refractivity contribution in [1.29, 1.82) is 0 Å². The Kier molecular flexibility index (Phi) is 20.7. The predicted molar refractivity (Wildman–Crippen MR) is 129 cm³/mol. The van der Waals surface area contributed by atoms with Gasteiger partial charge in [-0.2, -0.15) is 0 Å². The van der Waals surface area contributed by atoms with Gasteiger partial charge in [0.05, 0.1) is 0 Å². The Balaban J connectivity index is 2.07. The molecule has 0 amide bonds. The normalized spacial score (nSPS) is 22.9. The van der Waals surface area contributed by atoms with Gasteiger partial charge >= 0.3 is 0 Å². The molecule has 0 heterocycles. The van der Waals surface area contributed by atoms with E-state index in [-0.39, 0.29) is 0 Å². The summed E-state index contributed by atoms with van der Waals surface area (Å²) in [7, 11) is 0. The average Bonchev–Trinajstić information content (AvgIpc) is 2.71. The maximum atomic E-state index is 2.45. The molecule has 0 aromatic carbocycles. The summed E-state index contributed by atoms with van der Waals surface area (Å²) in [6.45, 7) is 0. The fourth-order valence-electron chi connectivity index (χ4n) is 4.35. The van der Waals surface area contributed by atoms with Crippen molar-refractivity contribution in [3.05, 3.63) is 24.3 Å². The Hall–Kier alpha value is -0.520. The molecule has 1 aliphatic rings. The van der Waals surface area contributed by atoms with E-state index >= 15 is 0 Å². The predicted octanol–water partition coefficient (Wildman–Crippen LogP) is 10.5. The summed E-state index contributed by atoms with van der Waals surface area (Å²) in [6, 6.07) is 0. The van der Waals surface area contributed by atoms with E-state index in [0.29, 0.717) is 0 Å². The zero-order chi connectivity index (χ0) is 19.8. The summed E-state index contributed by atoms with van der Waals surface area (Å²) >= 11 is 0. The molecule has 0 saturated carbocycles. The van der Waals surface area contributed by atoms with E-state index in [0.717, 1.165) is 0 Å². The lowest BCUT2D eigenvalue weighted by atomic mass is 10.0. The van der Waals surface area contributed by atoms with Crippen molar-refractivity contribution in [3.8, 4) is 0 Å². The van der Waals surface area contributed by atoms with Crippen LogP contribution in [-0.2, 0) is 0 Å². The first-order valence-corrected chi connectivity index (χ1v) is 13.3. The van der Waals surface area contributed by atoms with E-state index in [1.165, 1.54) is 154 Å². The van der Waals surface area contributed by atoms with Gasteiger partial charge in [-0.25, -0.2) is 0 Å². The summed E-state index contributed by atoms with van der Waals surface area (Å²) in [6.07, 6.45) is 44.0. The van der Waals surface area contributed by atoms with Gasteiger partial charge in [0.1, 0.15) is 0 Å². The zero-order valence-corrected chi connectivity index (χ0v) is 19.3. The van der Waals surface area contributed by atoms with Crippen molar-refractivity contribution in [2.75, 3.05) is 0 Å². The summed E-state index contributed by atoms with van der Waals surface area (Å²) in [4.78, 5) is 0. The number of hydrogen-bond donors (Lipinski definition) is 0. The molecule has 0 aromatic rings. The van der Waals surface area contributed by atoms with Gasteiger partial charge in [0.25, 0.3) is 0 Å². The Labute approximate surface area is 178 Å². The van der Waals surface area contributed by atoms with Crippen molar-refractivity contribution in [2.24, 2.45) is 0 Å². The van der Waals surface area contributed by atoms with Crippen LogP contribution in [0.1, 0.15) is 154 Å². The molecule has 0 heteroatoms. The van der Waals surface area contributed by atoms with E-state index in [1.54, 1.807) is 0 Å². The first kappa shape index (κ1) is 25.5. The topological polar surface area (TPSA) is 0 Å². The van der Waals surface area contributed by atoms with Crippen LogP contribution in [-0.4, -0.2) is 0 Å². The van der Waals surface area contributed by atoms with Crippen LogP contribution in [0.4, 0.5) is 0 Å². The molecule has 0 bridgehead atoms. The minimum absolute atomic E-state index is 1.31. The quantitative estimate of drug-likeness (QED) is 0.362. The van der Waals surface area contributed by atoms with Crippen molar-refractivity contribution in [3.63, 3.8) is 0 Å².